The van der Waals surface area contributed by atoms with E-state index in [0.717, 1.165) is 24.7 Å². The van der Waals surface area contributed by atoms with Crippen LogP contribution in [-0.4, -0.2) is 18.6 Å². The molecule has 0 bridgehead atoms. The van der Waals surface area contributed by atoms with E-state index in [4.69, 9.17) is 11.6 Å². The lowest BCUT2D eigenvalue weighted by molar-refractivity contribution is 0.292. The quantitative estimate of drug-likeness (QED) is 0.858. The maximum atomic E-state index is 6.25. The average molecular weight is 309 g/mol. The minimum atomic E-state index is 0.123. The Morgan fingerprint density at radius 3 is 2.62 bits per heavy atom. The predicted molar refractivity (Wildman–Crippen MR) is 93.3 cm³/mol. The SMILES string of the molecule is CC1(C)CCCN(c2cc(Cl)ccc2CNC(C)(C)C)C1. The first-order chi connectivity index (χ1) is 9.66. The van der Waals surface area contributed by atoms with Gasteiger partial charge in [-0.15, -0.1) is 0 Å². The van der Waals surface area contributed by atoms with Gasteiger partial charge in [-0.1, -0.05) is 31.5 Å². The normalized spacial score (nSPS) is 18.9. The molecular formula is C18H29ClN2. The zero-order valence-electron chi connectivity index (χ0n) is 14.1. The van der Waals surface area contributed by atoms with E-state index in [2.05, 4.69) is 57.0 Å². The van der Waals surface area contributed by atoms with Gasteiger partial charge in [-0.3, -0.25) is 0 Å². The van der Waals surface area contributed by atoms with Crippen molar-refractivity contribution in [3.63, 3.8) is 0 Å². The van der Waals surface area contributed by atoms with Crippen LogP contribution in [0.5, 0.6) is 0 Å². The lowest BCUT2D eigenvalue weighted by atomic mass is 9.84. The van der Waals surface area contributed by atoms with Gasteiger partial charge in [0.05, 0.1) is 0 Å². The minimum absolute atomic E-state index is 0.123. The maximum Gasteiger partial charge on any atom is 0.0426 e. The second kappa shape index (κ2) is 6.18. The monoisotopic (exact) mass is 308 g/mol. The van der Waals surface area contributed by atoms with Crippen molar-refractivity contribution < 1.29 is 0 Å². The third-order valence-corrected chi connectivity index (χ3v) is 4.33. The van der Waals surface area contributed by atoms with Crippen LogP contribution < -0.4 is 10.2 Å². The van der Waals surface area contributed by atoms with E-state index < -0.39 is 0 Å². The van der Waals surface area contributed by atoms with E-state index in [-0.39, 0.29) is 5.54 Å². The Hall–Kier alpha value is -0.730. The van der Waals surface area contributed by atoms with E-state index in [9.17, 15) is 0 Å². The van der Waals surface area contributed by atoms with Crippen molar-refractivity contribution in [2.75, 3.05) is 18.0 Å². The number of nitrogens with one attached hydrogen (secondary N) is 1. The summed E-state index contributed by atoms with van der Waals surface area (Å²) in [6.07, 6.45) is 2.56. The van der Waals surface area contributed by atoms with E-state index in [1.807, 2.05) is 6.07 Å². The molecule has 0 aliphatic carbocycles. The Labute approximate surface area is 134 Å². The second-order valence-corrected chi connectivity index (χ2v) is 8.50. The fourth-order valence-electron chi connectivity index (χ4n) is 2.97. The van der Waals surface area contributed by atoms with Gasteiger partial charge in [-0.25, -0.2) is 0 Å². The summed E-state index contributed by atoms with van der Waals surface area (Å²) in [6.45, 7) is 14.4. The van der Waals surface area contributed by atoms with Gasteiger partial charge in [0.15, 0.2) is 0 Å². The van der Waals surface area contributed by atoms with Gasteiger partial charge in [0, 0.05) is 35.9 Å². The number of hydrogen-bond acceptors (Lipinski definition) is 2. The molecule has 1 saturated heterocycles. The van der Waals surface area contributed by atoms with Gasteiger partial charge < -0.3 is 10.2 Å². The van der Waals surface area contributed by atoms with Crippen molar-refractivity contribution in [2.24, 2.45) is 5.41 Å². The number of halogens is 1. The maximum absolute atomic E-state index is 6.25. The standard InChI is InChI=1S/C18H29ClN2/c1-17(2,3)20-12-14-7-8-15(19)11-16(14)21-10-6-9-18(4,5)13-21/h7-8,11,20H,6,9-10,12-13H2,1-5H3. The first kappa shape index (κ1) is 16.6. The Morgan fingerprint density at radius 2 is 2.00 bits per heavy atom. The molecule has 0 amide bonds. The van der Waals surface area contributed by atoms with E-state index in [1.54, 1.807) is 0 Å². The highest BCUT2D eigenvalue weighted by atomic mass is 35.5. The fraction of sp³-hybridized carbons (Fsp3) is 0.667. The van der Waals surface area contributed by atoms with Crippen LogP contribution in [0.4, 0.5) is 5.69 Å². The van der Waals surface area contributed by atoms with Gasteiger partial charge in [-0.05, 0) is 56.7 Å². The molecule has 0 aromatic heterocycles. The summed E-state index contributed by atoms with van der Waals surface area (Å²) in [5, 5.41) is 4.41. The van der Waals surface area contributed by atoms with E-state index in [0.29, 0.717) is 5.41 Å². The largest absolute Gasteiger partial charge is 0.371 e. The Morgan fingerprint density at radius 1 is 1.29 bits per heavy atom. The van der Waals surface area contributed by atoms with Crippen LogP contribution in [-0.2, 0) is 6.54 Å². The third kappa shape index (κ3) is 4.89. The fourth-order valence-corrected chi connectivity index (χ4v) is 3.14. The summed E-state index contributed by atoms with van der Waals surface area (Å²) in [4.78, 5) is 2.51. The highest BCUT2D eigenvalue weighted by Crippen LogP contribution is 2.34. The molecule has 0 atom stereocenters. The first-order valence-electron chi connectivity index (χ1n) is 7.95. The van der Waals surface area contributed by atoms with Crippen LogP contribution in [0.2, 0.25) is 5.02 Å². The Bertz CT molecular complexity index is 488. The molecule has 1 aromatic rings. The van der Waals surface area contributed by atoms with Gasteiger partial charge in [0.2, 0.25) is 0 Å². The molecule has 1 N–H and O–H groups in total. The summed E-state index contributed by atoms with van der Waals surface area (Å²) in [5.74, 6) is 0. The Kier molecular flexibility index (Phi) is 4.89. The Balaban J connectivity index is 2.22. The van der Waals surface area contributed by atoms with Crippen molar-refractivity contribution in [3.8, 4) is 0 Å². The summed E-state index contributed by atoms with van der Waals surface area (Å²) in [6, 6.07) is 6.29. The molecule has 1 aliphatic rings. The lowest BCUT2D eigenvalue weighted by Crippen LogP contribution is -2.41. The summed E-state index contributed by atoms with van der Waals surface area (Å²) in [7, 11) is 0. The van der Waals surface area contributed by atoms with Crippen LogP contribution >= 0.6 is 11.6 Å². The van der Waals surface area contributed by atoms with Crippen LogP contribution in [0, 0.1) is 5.41 Å². The summed E-state index contributed by atoms with van der Waals surface area (Å²) >= 11 is 6.25. The molecule has 0 spiro atoms. The molecule has 2 rings (SSSR count). The van der Waals surface area contributed by atoms with Crippen molar-refractivity contribution in [3.05, 3.63) is 28.8 Å². The molecule has 3 heteroatoms. The number of hydrogen-bond donors (Lipinski definition) is 1. The van der Waals surface area contributed by atoms with E-state index >= 15 is 0 Å². The van der Waals surface area contributed by atoms with Crippen LogP contribution in [0.15, 0.2) is 18.2 Å². The highest BCUT2D eigenvalue weighted by molar-refractivity contribution is 6.30. The summed E-state index contributed by atoms with van der Waals surface area (Å²) < 4.78 is 0. The highest BCUT2D eigenvalue weighted by Gasteiger charge is 2.27. The van der Waals surface area contributed by atoms with Crippen molar-refractivity contribution in [1.82, 2.24) is 5.32 Å². The van der Waals surface area contributed by atoms with Gasteiger partial charge in [0.25, 0.3) is 0 Å². The number of anilines is 1. The summed E-state index contributed by atoms with van der Waals surface area (Å²) in [5.41, 5.74) is 3.15. The van der Waals surface area contributed by atoms with Crippen molar-refractivity contribution in [2.45, 2.75) is 59.5 Å². The molecule has 0 radical (unpaired) electrons. The molecule has 1 aromatic carbocycles. The smallest absolute Gasteiger partial charge is 0.0426 e. The van der Waals surface area contributed by atoms with Crippen LogP contribution in [0.25, 0.3) is 0 Å². The molecule has 1 fully saturated rings. The first-order valence-corrected chi connectivity index (χ1v) is 8.33. The molecule has 0 saturated carbocycles. The molecule has 0 unspecified atom stereocenters. The molecule has 21 heavy (non-hydrogen) atoms. The number of benzene rings is 1. The molecule has 1 heterocycles. The van der Waals surface area contributed by atoms with Crippen LogP contribution in [0.3, 0.4) is 0 Å². The third-order valence-electron chi connectivity index (χ3n) is 4.10. The molecular weight excluding hydrogens is 280 g/mol. The molecule has 2 nitrogen and oxygen atoms in total. The number of piperidine rings is 1. The zero-order chi connectivity index (χ0) is 15.7. The van der Waals surface area contributed by atoms with Crippen molar-refractivity contribution >= 4 is 17.3 Å². The van der Waals surface area contributed by atoms with Gasteiger partial charge >= 0.3 is 0 Å². The van der Waals surface area contributed by atoms with Crippen molar-refractivity contribution in [1.29, 1.82) is 0 Å². The topological polar surface area (TPSA) is 15.3 Å². The second-order valence-electron chi connectivity index (χ2n) is 8.07. The van der Waals surface area contributed by atoms with Crippen LogP contribution in [0.1, 0.15) is 53.0 Å². The minimum Gasteiger partial charge on any atom is -0.371 e. The average Bonchev–Trinajstić information content (AvgIpc) is 2.35. The lowest BCUT2D eigenvalue weighted by Gasteiger charge is -2.40. The van der Waals surface area contributed by atoms with Gasteiger partial charge in [0.1, 0.15) is 0 Å². The number of rotatable bonds is 3. The van der Waals surface area contributed by atoms with E-state index in [1.165, 1.54) is 24.1 Å². The molecule has 118 valence electrons. The number of nitrogens with zero attached hydrogens (tertiary/aromatic N) is 1. The zero-order valence-corrected chi connectivity index (χ0v) is 14.8. The van der Waals surface area contributed by atoms with Gasteiger partial charge in [-0.2, -0.15) is 0 Å². The molecule has 1 aliphatic heterocycles. The predicted octanol–water partition coefficient (Wildman–Crippen LogP) is 4.85.